The lowest BCUT2D eigenvalue weighted by atomic mass is 9.94. The Hall–Kier alpha value is -1.02. The van der Waals surface area contributed by atoms with Crippen LogP contribution in [0.5, 0.6) is 0 Å². The first kappa shape index (κ1) is 12.4. The highest BCUT2D eigenvalue weighted by atomic mass is 15.2. The average molecular weight is 232 g/mol. The van der Waals surface area contributed by atoms with Crippen molar-refractivity contribution in [3.63, 3.8) is 0 Å². The Morgan fingerprint density at radius 3 is 2.82 bits per heavy atom. The highest BCUT2D eigenvalue weighted by Crippen LogP contribution is 2.25. The van der Waals surface area contributed by atoms with Crippen LogP contribution in [0.4, 0.5) is 5.69 Å². The largest absolute Gasteiger partial charge is 0.399 e. The van der Waals surface area contributed by atoms with E-state index in [0.29, 0.717) is 6.04 Å². The van der Waals surface area contributed by atoms with E-state index in [2.05, 4.69) is 37.8 Å². The molecule has 1 heterocycles. The SMILES string of the molecule is Cc1c(N)cccc1CN1CC(C)CCC1C. The van der Waals surface area contributed by atoms with Gasteiger partial charge in [-0.05, 0) is 49.8 Å². The fraction of sp³-hybridized carbons (Fsp3) is 0.600. The lowest BCUT2D eigenvalue weighted by Gasteiger charge is -2.37. The zero-order valence-electron chi connectivity index (χ0n) is 11.2. The van der Waals surface area contributed by atoms with Crippen molar-refractivity contribution in [3.05, 3.63) is 29.3 Å². The van der Waals surface area contributed by atoms with Gasteiger partial charge in [0.25, 0.3) is 0 Å². The van der Waals surface area contributed by atoms with E-state index in [1.807, 2.05) is 6.07 Å². The van der Waals surface area contributed by atoms with E-state index in [9.17, 15) is 0 Å². The molecule has 0 saturated carbocycles. The molecule has 0 aromatic heterocycles. The van der Waals surface area contributed by atoms with E-state index in [0.717, 1.165) is 18.2 Å². The van der Waals surface area contributed by atoms with E-state index in [-0.39, 0.29) is 0 Å². The Labute approximate surface area is 105 Å². The molecule has 2 N–H and O–H groups in total. The van der Waals surface area contributed by atoms with Crippen LogP contribution in [0.15, 0.2) is 18.2 Å². The minimum Gasteiger partial charge on any atom is -0.399 e. The first-order valence-electron chi connectivity index (χ1n) is 6.66. The highest BCUT2D eigenvalue weighted by molar-refractivity contribution is 5.49. The van der Waals surface area contributed by atoms with E-state index >= 15 is 0 Å². The van der Waals surface area contributed by atoms with Gasteiger partial charge >= 0.3 is 0 Å². The maximum atomic E-state index is 5.97. The molecule has 17 heavy (non-hydrogen) atoms. The molecule has 0 spiro atoms. The number of likely N-dealkylation sites (tertiary alicyclic amines) is 1. The molecule has 2 rings (SSSR count). The number of nitrogen functional groups attached to an aromatic ring is 1. The molecule has 94 valence electrons. The summed E-state index contributed by atoms with van der Waals surface area (Å²) >= 11 is 0. The van der Waals surface area contributed by atoms with Gasteiger partial charge in [0.15, 0.2) is 0 Å². The summed E-state index contributed by atoms with van der Waals surface area (Å²) in [5.74, 6) is 0.826. The fourth-order valence-electron chi connectivity index (χ4n) is 2.69. The monoisotopic (exact) mass is 232 g/mol. The standard InChI is InChI=1S/C15H24N2/c1-11-7-8-12(2)17(9-11)10-14-5-4-6-15(16)13(14)3/h4-6,11-12H,7-10,16H2,1-3H3. The zero-order chi connectivity index (χ0) is 12.4. The molecule has 2 atom stereocenters. The fourth-order valence-corrected chi connectivity index (χ4v) is 2.69. The molecule has 1 aromatic rings. The first-order chi connectivity index (χ1) is 8.08. The van der Waals surface area contributed by atoms with Crippen LogP contribution in [-0.4, -0.2) is 17.5 Å². The molecule has 1 aliphatic heterocycles. The van der Waals surface area contributed by atoms with Crippen LogP contribution >= 0.6 is 0 Å². The van der Waals surface area contributed by atoms with Crippen molar-refractivity contribution in [2.45, 2.75) is 46.2 Å². The molecule has 0 bridgehead atoms. The minimum absolute atomic E-state index is 0.701. The predicted octanol–water partition coefficient (Wildman–Crippen LogP) is 3.20. The molecule has 1 saturated heterocycles. The average Bonchev–Trinajstić information content (AvgIpc) is 2.30. The first-order valence-corrected chi connectivity index (χ1v) is 6.66. The Bertz CT molecular complexity index is 387. The topological polar surface area (TPSA) is 29.3 Å². The molecular weight excluding hydrogens is 208 g/mol. The zero-order valence-corrected chi connectivity index (χ0v) is 11.2. The molecule has 1 aromatic carbocycles. The third-order valence-electron chi connectivity index (χ3n) is 4.11. The van der Waals surface area contributed by atoms with Gasteiger partial charge in [0.05, 0.1) is 0 Å². The molecular formula is C15H24N2. The number of piperidine rings is 1. The van der Waals surface area contributed by atoms with Crippen molar-refractivity contribution in [1.29, 1.82) is 0 Å². The summed E-state index contributed by atoms with van der Waals surface area (Å²) in [6, 6.07) is 6.96. The van der Waals surface area contributed by atoms with Crippen LogP contribution in [-0.2, 0) is 6.54 Å². The summed E-state index contributed by atoms with van der Waals surface area (Å²) in [5, 5.41) is 0. The van der Waals surface area contributed by atoms with Gasteiger partial charge in [-0.1, -0.05) is 19.1 Å². The van der Waals surface area contributed by atoms with E-state index < -0.39 is 0 Å². The quantitative estimate of drug-likeness (QED) is 0.793. The molecule has 1 fully saturated rings. The number of hydrogen-bond donors (Lipinski definition) is 1. The van der Waals surface area contributed by atoms with Gasteiger partial charge in [-0.2, -0.15) is 0 Å². The normalized spacial score (nSPS) is 26.1. The van der Waals surface area contributed by atoms with Gasteiger partial charge in [-0.25, -0.2) is 0 Å². The number of rotatable bonds is 2. The van der Waals surface area contributed by atoms with E-state index in [1.54, 1.807) is 0 Å². The van der Waals surface area contributed by atoms with Gasteiger partial charge in [-0.3, -0.25) is 4.90 Å². The molecule has 0 amide bonds. The van der Waals surface area contributed by atoms with E-state index in [1.165, 1.54) is 30.5 Å². The molecule has 2 nitrogen and oxygen atoms in total. The highest BCUT2D eigenvalue weighted by Gasteiger charge is 2.23. The summed E-state index contributed by atoms with van der Waals surface area (Å²) < 4.78 is 0. The predicted molar refractivity (Wildman–Crippen MR) is 73.9 cm³/mol. The number of benzene rings is 1. The number of nitrogens with two attached hydrogens (primary N) is 1. The maximum absolute atomic E-state index is 5.97. The van der Waals surface area contributed by atoms with Crippen molar-refractivity contribution in [1.82, 2.24) is 4.90 Å². The maximum Gasteiger partial charge on any atom is 0.0346 e. The van der Waals surface area contributed by atoms with Crippen LogP contribution in [0.3, 0.4) is 0 Å². The number of nitrogens with zero attached hydrogens (tertiary/aromatic N) is 1. The Kier molecular flexibility index (Phi) is 3.72. The van der Waals surface area contributed by atoms with Crippen molar-refractivity contribution < 1.29 is 0 Å². The van der Waals surface area contributed by atoms with Gasteiger partial charge in [-0.15, -0.1) is 0 Å². The van der Waals surface area contributed by atoms with Crippen LogP contribution in [0.2, 0.25) is 0 Å². The van der Waals surface area contributed by atoms with Crippen molar-refractivity contribution in [2.24, 2.45) is 5.92 Å². The second-order valence-electron chi connectivity index (χ2n) is 5.59. The lowest BCUT2D eigenvalue weighted by Crippen LogP contribution is -2.40. The van der Waals surface area contributed by atoms with Gasteiger partial charge < -0.3 is 5.73 Å². The van der Waals surface area contributed by atoms with Crippen molar-refractivity contribution >= 4 is 5.69 Å². The Morgan fingerprint density at radius 2 is 2.06 bits per heavy atom. The molecule has 0 aliphatic carbocycles. The van der Waals surface area contributed by atoms with E-state index in [4.69, 9.17) is 5.73 Å². The summed E-state index contributed by atoms with van der Waals surface area (Å²) in [6.45, 7) is 9.08. The third kappa shape index (κ3) is 2.81. The summed E-state index contributed by atoms with van der Waals surface area (Å²) in [4.78, 5) is 2.59. The van der Waals surface area contributed by atoms with Crippen LogP contribution in [0, 0.1) is 12.8 Å². The molecule has 2 heteroatoms. The van der Waals surface area contributed by atoms with Gasteiger partial charge in [0, 0.05) is 24.8 Å². The minimum atomic E-state index is 0.701. The summed E-state index contributed by atoms with van der Waals surface area (Å²) in [6.07, 6.45) is 2.69. The van der Waals surface area contributed by atoms with Crippen LogP contribution < -0.4 is 5.73 Å². The molecule has 1 aliphatic rings. The Morgan fingerprint density at radius 1 is 1.29 bits per heavy atom. The van der Waals surface area contributed by atoms with Crippen molar-refractivity contribution in [2.75, 3.05) is 12.3 Å². The van der Waals surface area contributed by atoms with Gasteiger partial charge in [0.2, 0.25) is 0 Å². The third-order valence-corrected chi connectivity index (χ3v) is 4.11. The smallest absolute Gasteiger partial charge is 0.0346 e. The molecule has 0 radical (unpaired) electrons. The van der Waals surface area contributed by atoms with Crippen molar-refractivity contribution in [3.8, 4) is 0 Å². The Balaban J connectivity index is 2.11. The van der Waals surface area contributed by atoms with Gasteiger partial charge in [0.1, 0.15) is 0 Å². The summed E-state index contributed by atoms with van der Waals surface area (Å²) in [5.41, 5.74) is 9.51. The lowest BCUT2D eigenvalue weighted by molar-refractivity contribution is 0.117. The second-order valence-corrected chi connectivity index (χ2v) is 5.59. The second kappa shape index (κ2) is 5.09. The number of anilines is 1. The molecule has 2 unspecified atom stereocenters. The summed E-state index contributed by atoms with van der Waals surface area (Å²) in [7, 11) is 0. The van der Waals surface area contributed by atoms with Crippen LogP contribution in [0.25, 0.3) is 0 Å². The number of hydrogen-bond acceptors (Lipinski definition) is 2. The van der Waals surface area contributed by atoms with Crippen LogP contribution in [0.1, 0.15) is 37.8 Å².